The van der Waals surface area contributed by atoms with Crippen LogP contribution in [0.2, 0.25) is 0 Å². The Labute approximate surface area is 89.7 Å². The quantitative estimate of drug-likeness (QED) is 0.792. The van der Waals surface area contributed by atoms with Crippen molar-refractivity contribution in [1.29, 1.82) is 0 Å². The van der Waals surface area contributed by atoms with Gasteiger partial charge in [-0.25, -0.2) is 0 Å². The molecule has 1 fully saturated rings. The van der Waals surface area contributed by atoms with E-state index in [9.17, 15) is 0 Å². The summed E-state index contributed by atoms with van der Waals surface area (Å²) in [5.74, 6) is 0.825. The van der Waals surface area contributed by atoms with Crippen molar-refractivity contribution in [3.8, 4) is 0 Å². The van der Waals surface area contributed by atoms with E-state index in [-0.39, 0.29) is 0 Å². The fourth-order valence-electron chi connectivity index (χ4n) is 1.94. The van der Waals surface area contributed by atoms with E-state index in [4.69, 9.17) is 0 Å². The van der Waals surface area contributed by atoms with Gasteiger partial charge in [-0.1, -0.05) is 13.0 Å². The van der Waals surface area contributed by atoms with Crippen LogP contribution >= 0.6 is 11.3 Å². The molecule has 0 radical (unpaired) electrons. The van der Waals surface area contributed by atoms with E-state index in [0.717, 1.165) is 19.0 Å². The summed E-state index contributed by atoms with van der Waals surface area (Å²) >= 11 is 1.82. The molecule has 1 aromatic heterocycles. The molecule has 0 aliphatic carbocycles. The van der Waals surface area contributed by atoms with Gasteiger partial charge >= 0.3 is 0 Å². The van der Waals surface area contributed by atoms with Gasteiger partial charge in [0.1, 0.15) is 0 Å². The lowest BCUT2D eigenvalue weighted by Gasteiger charge is -2.15. The zero-order valence-electron chi connectivity index (χ0n) is 8.62. The molecule has 2 unspecified atom stereocenters. The SMILES string of the molecule is CC1CCNC1CNCc1cccs1. The molecule has 1 aliphatic rings. The van der Waals surface area contributed by atoms with Crippen molar-refractivity contribution in [3.63, 3.8) is 0 Å². The van der Waals surface area contributed by atoms with Crippen LogP contribution in [0.3, 0.4) is 0 Å². The van der Waals surface area contributed by atoms with Gasteiger partial charge in [-0.2, -0.15) is 0 Å². The fourth-order valence-corrected chi connectivity index (χ4v) is 2.61. The first-order chi connectivity index (χ1) is 6.86. The predicted molar refractivity (Wildman–Crippen MR) is 61.6 cm³/mol. The topological polar surface area (TPSA) is 24.1 Å². The van der Waals surface area contributed by atoms with Crippen LogP contribution in [-0.4, -0.2) is 19.1 Å². The van der Waals surface area contributed by atoms with Crippen LogP contribution in [0.5, 0.6) is 0 Å². The van der Waals surface area contributed by atoms with Crippen LogP contribution in [-0.2, 0) is 6.54 Å². The Balaban J connectivity index is 1.68. The highest BCUT2D eigenvalue weighted by molar-refractivity contribution is 7.09. The smallest absolute Gasteiger partial charge is 0.0300 e. The van der Waals surface area contributed by atoms with Crippen LogP contribution < -0.4 is 10.6 Å². The van der Waals surface area contributed by atoms with E-state index >= 15 is 0 Å². The molecule has 0 saturated carbocycles. The third kappa shape index (κ3) is 2.56. The summed E-state index contributed by atoms with van der Waals surface area (Å²) < 4.78 is 0. The standard InChI is InChI=1S/C11H18N2S/c1-9-4-5-13-11(9)8-12-7-10-3-2-6-14-10/h2-3,6,9,11-13H,4-5,7-8H2,1H3. The molecule has 2 heterocycles. The average Bonchev–Trinajstić information content (AvgIpc) is 2.78. The molecular weight excluding hydrogens is 192 g/mol. The Morgan fingerprint density at radius 1 is 1.64 bits per heavy atom. The van der Waals surface area contributed by atoms with Crippen LogP contribution in [0.15, 0.2) is 17.5 Å². The highest BCUT2D eigenvalue weighted by Gasteiger charge is 2.21. The Morgan fingerprint density at radius 3 is 3.21 bits per heavy atom. The maximum absolute atomic E-state index is 3.53. The Kier molecular flexibility index (Phi) is 3.56. The Bertz CT molecular complexity index is 258. The molecule has 0 bridgehead atoms. The summed E-state index contributed by atoms with van der Waals surface area (Å²) in [4.78, 5) is 1.43. The van der Waals surface area contributed by atoms with Gasteiger partial charge in [-0.3, -0.25) is 0 Å². The number of nitrogens with one attached hydrogen (secondary N) is 2. The largest absolute Gasteiger partial charge is 0.312 e. The highest BCUT2D eigenvalue weighted by atomic mass is 32.1. The van der Waals surface area contributed by atoms with Gasteiger partial charge in [-0.05, 0) is 30.3 Å². The van der Waals surface area contributed by atoms with Gasteiger partial charge in [0.2, 0.25) is 0 Å². The molecule has 0 aromatic carbocycles. The van der Waals surface area contributed by atoms with E-state index in [1.54, 1.807) is 0 Å². The van der Waals surface area contributed by atoms with Crippen LogP contribution in [0.1, 0.15) is 18.2 Å². The molecular formula is C11H18N2S. The van der Waals surface area contributed by atoms with Gasteiger partial charge < -0.3 is 10.6 Å². The minimum Gasteiger partial charge on any atom is -0.312 e. The molecule has 1 aliphatic heterocycles. The Morgan fingerprint density at radius 2 is 2.57 bits per heavy atom. The lowest BCUT2D eigenvalue weighted by molar-refractivity contribution is 0.449. The summed E-state index contributed by atoms with van der Waals surface area (Å²) in [5, 5.41) is 9.17. The molecule has 2 nitrogen and oxygen atoms in total. The predicted octanol–water partition coefficient (Wildman–Crippen LogP) is 1.84. The molecule has 3 heteroatoms. The zero-order valence-corrected chi connectivity index (χ0v) is 9.44. The summed E-state index contributed by atoms with van der Waals surface area (Å²) in [6.45, 7) is 5.63. The summed E-state index contributed by atoms with van der Waals surface area (Å²) in [6.07, 6.45) is 1.32. The molecule has 2 atom stereocenters. The van der Waals surface area contributed by atoms with Gasteiger partial charge in [0.05, 0.1) is 0 Å². The molecule has 0 spiro atoms. The van der Waals surface area contributed by atoms with E-state index in [0.29, 0.717) is 6.04 Å². The minimum absolute atomic E-state index is 0.676. The van der Waals surface area contributed by atoms with Gasteiger partial charge in [-0.15, -0.1) is 11.3 Å². The van der Waals surface area contributed by atoms with Crippen molar-refractivity contribution in [2.45, 2.75) is 25.9 Å². The van der Waals surface area contributed by atoms with Crippen molar-refractivity contribution in [2.24, 2.45) is 5.92 Å². The molecule has 14 heavy (non-hydrogen) atoms. The average molecular weight is 210 g/mol. The van der Waals surface area contributed by atoms with Crippen LogP contribution in [0.4, 0.5) is 0 Å². The van der Waals surface area contributed by atoms with Gasteiger partial charge in [0, 0.05) is 24.0 Å². The normalized spacial score (nSPS) is 26.9. The third-order valence-corrected chi connectivity index (χ3v) is 3.81. The number of hydrogen-bond acceptors (Lipinski definition) is 3. The third-order valence-electron chi connectivity index (χ3n) is 2.94. The molecule has 1 saturated heterocycles. The van der Waals surface area contributed by atoms with E-state index in [2.05, 4.69) is 35.1 Å². The molecule has 1 aromatic rings. The number of hydrogen-bond donors (Lipinski definition) is 2. The van der Waals surface area contributed by atoms with E-state index in [1.807, 2.05) is 11.3 Å². The van der Waals surface area contributed by atoms with E-state index in [1.165, 1.54) is 17.8 Å². The summed E-state index contributed by atoms with van der Waals surface area (Å²) in [5.41, 5.74) is 0. The maximum Gasteiger partial charge on any atom is 0.0300 e. The number of rotatable bonds is 4. The van der Waals surface area contributed by atoms with Crippen molar-refractivity contribution in [3.05, 3.63) is 22.4 Å². The van der Waals surface area contributed by atoms with Gasteiger partial charge in [0.15, 0.2) is 0 Å². The monoisotopic (exact) mass is 210 g/mol. The second-order valence-corrected chi connectivity index (χ2v) is 5.07. The fraction of sp³-hybridized carbons (Fsp3) is 0.636. The molecule has 0 amide bonds. The number of thiophene rings is 1. The lowest BCUT2D eigenvalue weighted by Crippen LogP contribution is -2.36. The molecule has 2 rings (SSSR count). The van der Waals surface area contributed by atoms with Gasteiger partial charge in [0.25, 0.3) is 0 Å². The first-order valence-corrected chi connectivity index (χ1v) is 6.20. The van der Waals surface area contributed by atoms with Crippen molar-refractivity contribution in [1.82, 2.24) is 10.6 Å². The summed E-state index contributed by atoms with van der Waals surface area (Å²) in [6, 6.07) is 4.97. The first-order valence-electron chi connectivity index (χ1n) is 5.33. The van der Waals surface area contributed by atoms with E-state index < -0.39 is 0 Å². The van der Waals surface area contributed by atoms with Crippen molar-refractivity contribution in [2.75, 3.05) is 13.1 Å². The minimum atomic E-state index is 0.676. The van der Waals surface area contributed by atoms with Crippen LogP contribution in [0, 0.1) is 5.92 Å². The van der Waals surface area contributed by atoms with Crippen molar-refractivity contribution < 1.29 is 0 Å². The molecule has 78 valence electrons. The lowest BCUT2D eigenvalue weighted by atomic mass is 10.0. The first kappa shape index (κ1) is 10.1. The Hall–Kier alpha value is -0.380. The summed E-state index contributed by atoms with van der Waals surface area (Å²) in [7, 11) is 0. The zero-order chi connectivity index (χ0) is 9.80. The maximum atomic E-state index is 3.53. The second-order valence-electron chi connectivity index (χ2n) is 4.04. The second kappa shape index (κ2) is 4.91. The van der Waals surface area contributed by atoms with Crippen molar-refractivity contribution >= 4 is 11.3 Å². The van der Waals surface area contributed by atoms with Crippen LogP contribution in [0.25, 0.3) is 0 Å². The highest BCUT2D eigenvalue weighted by Crippen LogP contribution is 2.13. The molecule has 2 N–H and O–H groups in total.